The first-order valence-electron chi connectivity index (χ1n) is 10.8. The molecule has 3 heteroatoms. The number of hydrogen-bond donors (Lipinski definition) is 3. The largest absolute Gasteiger partial charge is 0.358 e. The molecule has 0 aliphatic heterocycles. The van der Waals surface area contributed by atoms with Crippen molar-refractivity contribution >= 4 is 32.7 Å². The molecule has 0 fully saturated rings. The van der Waals surface area contributed by atoms with Crippen molar-refractivity contribution in [1.29, 1.82) is 0 Å². The highest BCUT2D eigenvalue weighted by atomic mass is 14.8. The predicted octanol–water partition coefficient (Wildman–Crippen LogP) is 7.24. The summed E-state index contributed by atoms with van der Waals surface area (Å²) in [6.07, 6.45) is 0. The second-order valence-corrected chi connectivity index (χ2v) is 8.56. The molecule has 0 radical (unpaired) electrons. The molecule has 3 aromatic carbocycles. The number of aryl methyl sites for hydroxylation is 3. The SMILES string of the molecule is Cc1[nH]c2ccccc2c1C(c1c(C)[nH]c2ccccc12)c1c(C)[nH]c2ccccc12. The first kappa shape index (κ1) is 18.1. The Labute approximate surface area is 181 Å². The molecule has 6 aromatic rings. The molecule has 31 heavy (non-hydrogen) atoms. The van der Waals surface area contributed by atoms with Gasteiger partial charge < -0.3 is 15.0 Å². The number of aromatic nitrogens is 3. The van der Waals surface area contributed by atoms with E-state index in [1.54, 1.807) is 0 Å². The first-order chi connectivity index (χ1) is 15.1. The molecule has 0 bridgehead atoms. The summed E-state index contributed by atoms with van der Waals surface area (Å²) in [4.78, 5) is 10.9. The topological polar surface area (TPSA) is 47.4 Å². The van der Waals surface area contributed by atoms with E-state index in [0.717, 1.165) is 0 Å². The Kier molecular flexibility index (Phi) is 3.87. The van der Waals surface area contributed by atoms with Crippen LogP contribution in [0.2, 0.25) is 0 Å². The molecule has 0 saturated heterocycles. The normalized spacial score (nSPS) is 12.0. The lowest BCUT2D eigenvalue weighted by Crippen LogP contribution is -2.07. The van der Waals surface area contributed by atoms with Gasteiger partial charge in [0.2, 0.25) is 0 Å². The van der Waals surface area contributed by atoms with Crippen molar-refractivity contribution in [1.82, 2.24) is 15.0 Å². The van der Waals surface area contributed by atoms with E-state index in [2.05, 4.69) is 109 Å². The van der Waals surface area contributed by atoms with Gasteiger partial charge in [-0.2, -0.15) is 0 Å². The second-order valence-electron chi connectivity index (χ2n) is 8.56. The first-order valence-corrected chi connectivity index (χ1v) is 10.8. The second kappa shape index (κ2) is 6.64. The highest BCUT2D eigenvalue weighted by Crippen LogP contribution is 2.45. The van der Waals surface area contributed by atoms with Crippen LogP contribution in [-0.2, 0) is 0 Å². The Morgan fingerprint density at radius 2 is 0.742 bits per heavy atom. The van der Waals surface area contributed by atoms with Crippen molar-refractivity contribution in [2.24, 2.45) is 0 Å². The minimum absolute atomic E-state index is 0.114. The predicted molar refractivity (Wildman–Crippen MR) is 130 cm³/mol. The lowest BCUT2D eigenvalue weighted by Gasteiger charge is -2.21. The summed E-state index contributed by atoms with van der Waals surface area (Å²) in [6, 6.07) is 26.0. The molecule has 3 heterocycles. The Bertz CT molecular complexity index is 1380. The highest BCUT2D eigenvalue weighted by molar-refractivity contribution is 5.94. The van der Waals surface area contributed by atoms with E-state index in [1.165, 1.54) is 66.5 Å². The fourth-order valence-electron chi connectivity index (χ4n) is 5.44. The average molecular weight is 404 g/mol. The minimum atomic E-state index is 0.114. The third kappa shape index (κ3) is 2.59. The monoisotopic (exact) mass is 403 g/mol. The Morgan fingerprint density at radius 3 is 1.06 bits per heavy atom. The molecule has 0 spiro atoms. The molecule has 3 N–H and O–H groups in total. The van der Waals surface area contributed by atoms with Crippen LogP contribution in [0.3, 0.4) is 0 Å². The third-order valence-electron chi connectivity index (χ3n) is 6.70. The molecule has 0 amide bonds. The molecule has 3 nitrogen and oxygen atoms in total. The molecule has 3 aromatic heterocycles. The summed E-state index contributed by atoms with van der Waals surface area (Å²) in [7, 11) is 0. The smallest absolute Gasteiger partial charge is 0.0459 e. The van der Waals surface area contributed by atoms with E-state index in [0.29, 0.717) is 0 Å². The average Bonchev–Trinajstić information content (AvgIpc) is 3.39. The van der Waals surface area contributed by atoms with E-state index < -0.39 is 0 Å². The Balaban J connectivity index is 1.78. The van der Waals surface area contributed by atoms with Crippen LogP contribution in [0.1, 0.15) is 39.7 Å². The van der Waals surface area contributed by atoms with Crippen molar-refractivity contribution in [2.75, 3.05) is 0 Å². The summed E-state index contributed by atoms with van der Waals surface area (Å²) in [5.41, 5.74) is 11.3. The maximum atomic E-state index is 3.65. The summed E-state index contributed by atoms with van der Waals surface area (Å²) in [5.74, 6) is 0.114. The summed E-state index contributed by atoms with van der Waals surface area (Å²) >= 11 is 0. The van der Waals surface area contributed by atoms with Crippen LogP contribution in [0.5, 0.6) is 0 Å². The van der Waals surface area contributed by atoms with Crippen LogP contribution in [0, 0.1) is 20.8 Å². The van der Waals surface area contributed by atoms with E-state index in [1.807, 2.05) is 0 Å². The van der Waals surface area contributed by atoms with Gasteiger partial charge >= 0.3 is 0 Å². The summed E-state index contributed by atoms with van der Waals surface area (Å²) in [6.45, 7) is 6.62. The van der Waals surface area contributed by atoms with Crippen molar-refractivity contribution in [2.45, 2.75) is 26.7 Å². The van der Waals surface area contributed by atoms with Gasteiger partial charge in [-0.15, -0.1) is 0 Å². The van der Waals surface area contributed by atoms with Crippen LogP contribution in [0.4, 0.5) is 0 Å². The van der Waals surface area contributed by atoms with Gasteiger partial charge in [0, 0.05) is 55.7 Å². The van der Waals surface area contributed by atoms with Crippen LogP contribution >= 0.6 is 0 Å². The fourth-order valence-corrected chi connectivity index (χ4v) is 5.44. The van der Waals surface area contributed by atoms with Gasteiger partial charge in [-0.3, -0.25) is 0 Å². The molecule has 0 atom stereocenters. The van der Waals surface area contributed by atoms with Gasteiger partial charge in [0.1, 0.15) is 0 Å². The van der Waals surface area contributed by atoms with Crippen LogP contribution in [0.15, 0.2) is 72.8 Å². The van der Waals surface area contributed by atoms with Gasteiger partial charge in [0.05, 0.1) is 0 Å². The van der Waals surface area contributed by atoms with Gasteiger partial charge in [-0.1, -0.05) is 54.6 Å². The summed E-state index contributed by atoms with van der Waals surface area (Å²) in [5, 5.41) is 3.87. The number of benzene rings is 3. The van der Waals surface area contributed by atoms with Crippen LogP contribution < -0.4 is 0 Å². The Hall–Kier alpha value is -3.72. The van der Waals surface area contributed by atoms with Crippen LogP contribution in [0.25, 0.3) is 32.7 Å². The van der Waals surface area contributed by atoms with E-state index in [-0.39, 0.29) is 5.92 Å². The zero-order valence-electron chi connectivity index (χ0n) is 18.0. The number of nitrogens with one attached hydrogen (secondary N) is 3. The molecule has 6 rings (SSSR count). The highest BCUT2D eigenvalue weighted by Gasteiger charge is 2.30. The standard InChI is InChI=1S/C28H25N3/c1-16-25(19-10-4-7-13-22(19)29-16)28(26-17(2)30-23-14-8-5-11-20(23)26)27-18(3)31-24-15-9-6-12-21(24)27/h4-15,28-31H,1-3H3. The van der Waals surface area contributed by atoms with E-state index in [4.69, 9.17) is 0 Å². The lowest BCUT2D eigenvalue weighted by molar-refractivity contribution is 0.955. The molecular formula is C28H25N3. The molecule has 0 aliphatic carbocycles. The molecule has 0 unspecified atom stereocenters. The molecule has 0 aliphatic rings. The van der Waals surface area contributed by atoms with Gasteiger partial charge in [0.15, 0.2) is 0 Å². The van der Waals surface area contributed by atoms with Gasteiger partial charge in [-0.25, -0.2) is 0 Å². The number of H-pyrrole nitrogens is 3. The number of aromatic amines is 3. The van der Waals surface area contributed by atoms with Crippen molar-refractivity contribution in [3.05, 3.63) is 107 Å². The van der Waals surface area contributed by atoms with Crippen molar-refractivity contribution in [3.8, 4) is 0 Å². The van der Waals surface area contributed by atoms with Gasteiger partial charge in [0.25, 0.3) is 0 Å². The summed E-state index contributed by atoms with van der Waals surface area (Å²) < 4.78 is 0. The lowest BCUT2D eigenvalue weighted by atomic mass is 9.81. The van der Waals surface area contributed by atoms with Crippen molar-refractivity contribution < 1.29 is 0 Å². The maximum Gasteiger partial charge on any atom is 0.0459 e. The quantitative estimate of drug-likeness (QED) is 0.279. The molecular weight excluding hydrogens is 378 g/mol. The van der Waals surface area contributed by atoms with E-state index >= 15 is 0 Å². The van der Waals surface area contributed by atoms with Crippen LogP contribution in [-0.4, -0.2) is 15.0 Å². The number of hydrogen-bond acceptors (Lipinski definition) is 0. The Morgan fingerprint density at radius 1 is 0.452 bits per heavy atom. The van der Waals surface area contributed by atoms with Crippen molar-refractivity contribution in [3.63, 3.8) is 0 Å². The molecule has 152 valence electrons. The zero-order valence-corrected chi connectivity index (χ0v) is 18.0. The third-order valence-corrected chi connectivity index (χ3v) is 6.70. The zero-order chi connectivity index (χ0) is 21.1. The number of fused-ring (bicyclic) bond motifs is 3. The number of para-hydroxylation sites is 3. The minimum Gasteiger partial charge on any atom is -0.358 e. The molecule has 0 saturated carbocycles. The number of rotatable bonds is 3. The fraction of sp³-hybridized carbons (Fsp3) is 0.143. The van der Waals surface area contributed by atoms with Gasteiger partial charge in [-0.05, 0) is 55.7 Å². The maximum absolute atomic E-state index is 3.65. The van der Waals surface area contributed by atoms with E-state index in [9.17, 15) is 0 Å².